The molecule has 3 aromatic carbocycles. The summed E-state index contributed by atoms with van der Waals surface area (Å²) in [7, 11) is -3.86. The van der Waals surface area contributed by atoms with Crippen molar-refractivity contribution in [3.8, 4) is 5.75 Å². The number of anilines is 1. The number of hydrogen-bond acceptors (Lipinski definition) is 5. The van der Waals surface area contributed by atoms with E-state index in [0.29, 0.717) is 18.0 Å². The topological polar surface area (TPSA) is 79.0 Å². The largest absolute Gasteiger partial charge is 0.476 e. The number of sulfonamides is 1. The Morgan fingerprint density at radius 1 is 0.889 bits per heavy atom. The van der Waals surface area contributed by atoms with Crippen LogP contribution < -0.4 is 14.4 Å². The van der Waals surface area contributed by atoms with E-state index in [4.69, 9.17) is 4.74 Å². The molecule has 7 nitrogen and oxygen atoms in total. The lowest BCUT2D eigenvalue weighted by molar-refractivity contribution is -0.127. The van der Waals surface area contributed by atoms with Gasteiger partial charge in [0.25, 0.3) is 15.9 Å². The number of nitrogens with one attached hydrogen (secondary N) is 1. The number of rotatable bonds is 7. The number of carbonyl (C=O) groups excluding carboxylic acids is 1. The number of para-hydroxylation sites is 2. The molecule has 1 N–H and O–H groups in total. The number of ether oxygens (including phenoxy) is 1. The Labute approximate surface area is 212 Å². The van der Waals surface area contributed by atoms with E-state index < -0.39 is 16.1 Å². The Hall–Kier alpha value is -3.36. The molecule has 2 aliphatic rings. The van der Waals surface area contributed by atoms with Crippen LogP contribution in [0.5, 0.6) is 5.75 Å². The van der Waals surface area contributed by atoms with Crippen molar-refractivity contribution < 1.29 is 17.9 Å². The van der Waals surface area contributed by atoms with Crippen molar-refractivity contribution in [2.75, 3.05) is 23.9 Å². The van der Waals surface area contributed by atoms with Gasteiger partial charge in [0.15, 0.2) is 6.10 Å². The molecule has 8 heteroatoms. The molecule has 188 valence electrons. The molecule has 0 aliphatic carbocycles. The minimum absolute atomic E-state index is 0.102. The summed E-state index contributed by atoms with van der Waals surface area (Å²) in [5.74, 6) is 0.0196. The number of piperidine rings is 1. The Morgan fingerprint density at radius 2 is 1.61 bits per heavy atom. The third kappa shape index (κ3) is 5.39. The molecule has 5 rings (SSSR count). The third-order valence-electron chi connectivity index (χ3n) is 6.67. The first-order chi connectivity index (χ1) is 17.5. The standard InChI is InChI=1S/C28H31N3O4S/c32-28(29-19-22-10-9-11-23(18-22)20-30-16-7-2-8-17-30)27-21-31(25-14-5-6-15-26(25)35-27)36(33,34)24-12-3-1-4-13-24/h1,3-6,9-15,18,27H,2,7-8,16-17,19-21H2,(H,29,32)/t27-/m1/s1. The molecule has 1 atom stereocenters. The van der Waals surface area contributed by atoms with Crippen LogP contribution >= 0.6 is 0 Å². The first-order valence-corrected chi connectivity index (χ1v) is 13.9. The number of hydrogen-bond donors (Lipinski definition) is 1. The highest BCUT2D eigenvalue weighted by Crippen LogP contribution is 2.36. The summed E-state index contributed by atoms with van der Waals surface area (Å²) in [6.07, 6.45) is 2.84. The van der Waals surface area contributed by atoms with E-state index in [0.717, 1.165) is 25.2 Å². The van der Waals surface area contributed by atoms with E-state index >= 15 is 0 Å². The number of benzene rings is 3. The minimum Gasteiger partial charge on any atom is -0.476 e. The summed E-state index contributed by atoms with van der Waals surface area (Å²) in [5.41, 5.74) is 2.66. The van der Waals surface area contributed by atoms with Crippen LogP contribution in [0.3, 0.4) is 0 Å². The van der Waals surface area contributed by atoms with Gasteiger partial charge in [-0.25, -0.2) is 8.42 Å². The number of carbonyl (C=O) groups is 1. The monoisotopic (exact) mass is 505 g/mol. The van der Waals surface area contributed by atoms with Gasteiger partial charge < -0.3 is 10.1 Å². The maximum Gasteiger partial charge on any atom is 0.264 e. The van der Waals surface area contributed by atoms with E-state index in [1.165, 1.54) is 29.1 Å². The molecule has 3 aromatic rings. The van der Waals surface area contributed by atoms with E-state index in [1.54, 1.807) is 54.6 Å². The van der Waals surface area contributed by atoms with Crippen molar-refractivity contribution in [3.05, 3.63) is 90.0 Å². The predicted molar refractivity (Wildman–Crippen MR) is 139 cm³/mol. The average molecular weight is 506 g/mol. The van der Waals surface area contributed by atoms with Gasteiger partial charge in [0.1, 0.15) is 5.75 Å². The zero-order valence-electron chi connectivity index (χ0n) is 20.2. The van der Waals surface area contributed by atoms with Gasteiger partial charge in [0, 0.05) is 13.1 Å². The molecule has 2 heterocycles. The van der Waals surface area contributed by atoms with Crippen LogP contribution in [0.4, 0.5) is 5.69 Å². The van der Waals surface area contributed by atoms with Crippen molar-refractivity contribution in [2.45, 2.75) is 43.4 Å². The van der Waals surface area contributed by atoms with Gasteiger partial charge in [0.05, 0.1) is 17.1 Å². The molecule has 36 heavy (non-hydrogen) atoms. The van der Waals surface area contributed by atoms with Crippen molar-refractivity contribution in [2.24, 2.45) is 0 Å². The maximum atomic E-state index is 13.4. The van der Waals surface area contributed by atoms with Gasteiger partial charge >= 0.3 is 0 Å². The van der Waals surface area contributed by atoms with Crippen molar-refractivity contribution in [1.29, 1.82) is 0 Å². The molecule has 0 unspecified atom stereocenters. The van der Waals surface area contributed by atoms with Crippen LogP contribution in [-0.2, 0) is 27.9 Å². The second-order valence-electron chi connectivity index (χ2n) is 9.30. The Balaban J connectivity index is 1.28. The Kier molecular flexibility index (Phi) is 7.25. The number of amides is 1. The van der Waals surface area contributed by atoms with Crippen molar-refractivity contribution in [1.82, 2.24) is 10.2 Å². The van der Waals surface area contributed by atoms with E-state index in [2.05, 4.69) is 22.3 Å². The fourth-order valence-corrected chi connectivity index (χ4v) is 6.30. The number of fused-ring (bicyclic) bond motifs is 1. The molecular weight excluding hydrogens is 474 g/mol. The zero-order chi connectivity index (χ0) is 25.0. The smallest absolute Gasteiger partial charge is 0.264 e. The number of nitrogens with zero attached hydrogens (tertiary/aromatic N) is 2. The Morgan fingerprint density at radius 3 is 2.42 bits per heavy atom. The first-order valence-electron chi connectivity index (χ1n) is 12.4. The summed E-state index contributed by atoms with van der Waals surface area (Å²) in [4.78, 5) is 15.8. The van der Waals surface area contributed by atoms with Gasteiger partial charge in [0.2, 0.25) is 0 Å². The van der Waals surface area contributed by atoms with Crippen LogP contribution in [0.15, 0.2) is 83.8 Å². The lowest BCUT2D eigenvalue weighted by Crippen LogP contribution is -2.50. The molecule has 0 aromatic heterocycles. The lowest BCUT2D eigenvalue weighted by Gasteiger charge is -2.34. The molecule has 1 amide bonds. The summed E-state index contributed by atoms with van der Waals surface area (Å²) in [6, 6.07) is 23.4. The molecule has 2 aliphatic heterocycles. The summed E-state index contributed by atoms with van der Waals surface area (Å²) in [6.45, 7) is 3.42. The highest BCUT2D eigenvalue weighted by atomic mass is 32.2. The highest BCUT2D eigenvalue weighted by molar-refractivity contribution is 7.92. The fraction of sp³-hybridized carbons (Fsp3) is 0.321. The average Bonchev–Trinajstić information content (AvgIpc) is 2.92. The maximum absolute atomic E-state index is 13.4. The van der Waals surface area contributed by atoms with E-state index in [1.807, 2.05) is 12.1 Å². The second-order valence-corrected chi connectivity index (χ2v) is 11.2. The molecule has 1 fully saturated rings. The van der Waals surface area contributed by atoms with Crippen molar-refractivity contribution >= 4 is 21.6 Å². The van der Waals surface area contributed by atoms with Crippen LogP contribution in [0, 0.1) is 0 Å². The quantitative estimate of drug-likeness (QED) is 0.526. The molecule has 0 saturated carbocycles. The molecule has 0 spiro atoms. The van der Waals surface area contributed by atoms with Crippen LogP contribution in [0.1, 0.15) is 30.4 Å². The van der Waals surface area contributed by atoms with Gasteiger partial charge in [-0.2, -0.15) is 0 Å². The first kappa shape index (κ1) is 24.3. The van der Waals surface area contributed by atoms with E-state index in [-0.39, 0.29) is 17.3 Å². The van der Waals surface area contributed by atoms with Crippen molar-refractivity contribution in [3.63, 3.8) is 0 Å². The lowest BCUT2D eigenvalue weighted by atomic mass is 10.1. The third-order valence-corrected chi connectivity index (χ3v) is 8.47. The zero-order valence-corrected chi connectivity index (χ0v) is 21.0. The summed E-state index contributed by atoms with van der Waals surface area (Å²) < 4.78 is 34.1. The van der Waals surface area contributed by atoms with Gasteiger partial charge in [-0.05, 0) is 61.3 Å². The van der Waals surface area contributed by atoms with E-state index in [9.17, 15) is 13.2 Å². The van der Waals surface area contributed by atoms with Crippen LogP contribution in [-0.4, -0.2) is 45.0 Å². The van der Waals surface area contributed by atoms with Crippen LogP contribution in [0.2, 0.25) is 0 Å². The molecule has 1 saturated heterocycles. The molecule has 0 radical (unpaired) electrons. The summed E-state index contributed by atoms with van der Waals surface area (Å²) in [5, 5.41) is 2.94. The SMILES string of the molecule is O=C(NCc1cccc(CN2CCCCC2)c1)[C@H]1CN(S(=O)(=O)c2ccccc2)c2ccccc2O1. The fourth-order valence-electron chi connectivity index (χ4n) is 4.80. The number of likely N-dealkylation sites (tertiary alicyclic amines) is 1. The van der Waals surface area contributed by atoms with Gasteiger partial charge in [-0.15, -0.1) is 0 Å². The second kappa shape index (κ2) is 10.7. The minimum atomic E-state index is -3.86. The molecule has 0 bridgehead atoms. The normalized spacial score (nSPS) is 18.2. The predicted octanol–water partition coefficient (Wildman–Crippen LogP) is 3.95. The molecular formula is C28H31N3O4S. The van der Waals surface area contributed by atoms with Gasteiger partial charge in [-0.3, -0.25) is 14.0 Å². The summed E-state index contributed by atoms with van der Waals surface area (Å²) >= 11 is 0. The highest BCUT2D eigenvalue weighted by Gasteiger charge is 2.37. The van der Waals surface area contributed by atoms with Crippen LogP contribution in [0.25, 0.3) is 0 Å². The van der Waals surface area contributed by atoms with Gasteiger partial charge in [-0.1, -0.05) is 61.0 Å². The Bertz CT molecular complexity index is 1310.